The maximum absolute atomic E-state index is 11.0. The summed E-state index contributed by atoms with van der Waals surface area (Å²) < 4.78 is 1.39. The highest BCUT2D eigenvalue weighted by Crippen LogP contribution is 2.23. The van der Waals surface area contributed by atoms with Gasteiger partial charge in [0.25, 0.3) is 0 Å². The molecule has 100 valence electrons. The minimum atomic E-state index is -0.961. The molecule has 2 aromatic rings. The molecule has 0 aliphatic heterocycles. The monoisotopic (exact) mass is 258 g/mol. The van der Waals surface area contributed by atoms with Gasteiger partial charge in [0.1, 0.15) is 5.69 Å². The number of hydrogen-bond donors (Lipinski definition) is 1. The molecule has 4 heteroatoms. The number of carboxylic acids is 1. The number of rotatable bonds is 4. The van der Waals surface area contributed by atoms with Gasteiger partial charge >= 0.3 is 5.97 Å². The summed E-state index contributed by atoms with van der Waals surface area (Å²) in [6.45, 7) is 4.36. The second kappa shape index (κ2) is 5.26. The van der Waals surface area contributed by atoms with Gasteiger partial charge in [-0.05, 0) is 24.0 Å². The van der Waals surface area contributed by atoms with Gasteiger partial charge in [0.2, 0.25) is 0 Å². The molecule has 0 aliphatic carbocycles. The third-order valence-corrected chi connectivity index (χ3v) is 3.49. The van der Waals surface area contributed by atoms with E-state index >= 15 is 0 Å². The summed E-state index contributed by atoms with van der Waals surface area (Å²) in [7, 11) is 1.64. The molecule has 0 fully saturated rings. The zero-order chi connectivity index (χ0) is 14.0. The molecule has 0 saturated heterocycles. The number of aromatic carboxylic acids is 1. The topological polar surface area (TPSA) is 55.1 Å². The zero-order valence-corrected chi connectivity index (χ0v) is 11.4. The fourth-order valence-corrected chi connectivity index (χ4v) is 2.03. The first-order valence-corrected chi connectivity index (χ1v) is 6.40. The van der Waals surface area contributed by atoms with Crippen LogP contribution in [0.3, 0.4) is 0 Å². The highest BCUT2D eigenvalue weighted by molar-refractivity contribution is 5.87. The van der Waals surface area contributed by atoms with Crippen molar-refractivity contribution in [3.8, 4) is 11.3 Å². The molecule has 1 heterocycles. The second-order valence-corrected chi connectivity index (χ2v) is 4.77. The van der Waals surface area contributed by atoms with Gasteiger partial charge in [-0.15, -0.1) is 0 Å². The van der Waals surface area contributed by atoms with Crippen molar-refractivity contribution in [2.24, 2.45) is 7.05 Å². The molecule has 1 atom stereocenters. The summed E-state index contributed by atoms with van der Waals surface area (Å²) >= 11 is 0. The normalized spacial score (nSPS) is 12.4. The molecule has 0 radical (unpaired) electrons. The highest BCUT2D eigenvalue weighted by atomic mass is 16.4. The number of aryl methyl sites for hydroxylation is 1. The Balaban J connectivity index is 2.32. The molecule has 0 saturated carbocycles. The zero-order valence-electron chi connectivity index (χ0n) is 11.4. The number of hydrogen-bond acceptors (Lipinski definition) is 2. The van der Waals surface area contributed by atoms with Crippen molar-refractivity contribution in [1.29, 1.82) is 0 Å². The molecule has 0 aliphatic rings. The van der Waals surface area contributed by atoms with Gasteiger partial charge in [0, 0.05) is 12.6 Å². The molecule has 0 amide bonds. The Morgan fingerprint density at radius 3 is 2.47 bits per heavy atom. The van der Waals surface area contributed by atoms with Gasteiger partial charge < -0.3 is 5.11 Å². The molecular formula is C15H18N2O2. The quantitative estimate of drug-likeness (QED) is 0.915. The Kier molecular flexibility index (Phi) is 3.69. The third-order valence-electron chi connectivity index (χ3n) is 3.49. The van der Waals surface area contributed by atoms with E-state index in [9.17, 15) is 4.79 Å². The lowest BCUT2D eigenvalue weighted by atomic mass is 9.97. The van der Waals surface area contributed by atoms with E-state index in [2.05, 4.69) is 31.1 Å². The lowest BCUT2D eigenvalue weighted by molar-refractivity contribution is 0.0685. The van der Waals surface area contributed by atoms with Crippen LogP contribution in [0.4, 0.5) is 0 Å². The maximum Gasteiger partial charge on any atom is 0.354 e. The Labute approximate surface area is 112 Å². The van der Waals surface area contributed by atoms with Crippen molar-refractivity contribution in [1.82, 2.24) is 9.78 Å². The van der Waals surface area contributed by atoms with Crippen LogP contribution in [0, 0.1) is 0 Å². The second-order valence-electron chi connectivity index (χ2n) is 4.77. The number of aromatic nitrogens is 2. The van der Waals surface area contributed by atoms with Crippen molar-refractivity contribution in [2.75, 3.05) is 0 Å². The molecule has 4 nitrogen and oxygen atoms in total. The summed E-state index contributed by atoms with van der Waals surface area (Å²) in [4.78, 5) is 11.0. The minimum Gasteiger partial charge on any atom is -0.477 e. The lowest BCUT2D eigenvalue weighted by Crippen LogP contribution is -2.04. The van der Waals surface area contributed by atoms with Crippen LogP contribution in [0.15, 0.2) is 30.3 Å². The van der Waals surface area contributed by atoms with Gasteiger partial charge in [-0.25, -0.2) is 4.79 Å². The predicted octanol–water partition coefficient (Wildman–Crippen LogP) is 3.30. The van der Waals surface area contributed by atoms with Crippen LogP contribution in [0.2, 0.25) is 0 Å². The van der Waals surface area contributed by atoms with Crippen molar-refractivity contribution in [3.63, 3.8) is 0 Å². The number of carbonyl (C=O) groups is 1. The SMILES string of the molecule is CCC(C)c1ccc(-c2cc(C(=O)O)n(C)n2)cc1. The lowest BCUT2D eigenvalue weighted by Gasteiger charge is -2.08. The summed E-state index contributed by atoms with van der Waals surface area (Å²) in [6.07, 6.45) is 1.10. The molecule has 1 unspecified atom stereocenters. The summed E-state index contributed by atoms with van der Waals surface area (Å²) in [5.74, 6) is -0.426. The van der Waals surface area contributed by atoms with Gasteiger partial charge in [-0.3, -0.25) is 4.68 Å². The first-order chi connectivity index (χ1) is 9.02. The van der Waals surface area contributed by atoms with Crippen LogP contribution in [0.25, 0.3) is 11.3 Å². The molecule has 1 aromatic heterocycles. The average molecular weight is 258 g/mol. The van der Waals surface area contributed by atoms with Crippen molar-refractivity contribution in [2.45, 2.75) is 26.2 Å². The number of nitrogens with zero attached hydrogens (tertiary/aromatic N) is 2. The Morgan fingerprint density at radius 1 is 1.37 bits per heavy atom. The summed E-state index contributed by atoms with van der Waals surface area (Å²) in [6, 6.07) is 9.75. The smallest absolute Gasteiger partial charge is 0.354 e. The van der Waals surface area contributed by atoms with E-state index in [1.807, 2.05) is 12.1 Å². The average Bonchev–Trinajstić information content (AvgIpc) is 2.80. The Bertz CT molecular complexity index is 585. The standard InChI is InChI=1S/C15H18N2O2/c1-4-10(2)11-5-7-12(8-6-11)13-9-14(15(18)19)17(3)16-13/h5-10H,4H2,1-3H3,(H,18,19). The van der Waals surface area contributed by atoms with Gasteiger partial charge in [-0.1, -0.05) is 38.1 Å². The largest absolute Gasteiger partial charge is 0.477 e. The summed E-state index contributed by atoms with van der Waals surface area (Å²) in [5.41, 5.74) is 3.12. The van der Waals surface area contributed by atoms with Crippen molar-refractivity contribution < 1.29 is 9.90 Å². The minimum absolute atomic E-state index is 0.195. The van der Waals surface area contributed by atoms with Crippen LogP contribution in [-0.4, -0.2) is 20.9 Å². The fourth-order valence-electron chi connectivity index (χ4n) is 2.03. The van der Waals surface area contributed by atoms with E-state index in [1.165, 1.54) is 10.2 Å². The molecule has 1 aromatic carbocycles. The van der Waals surface area contributed by atoms with E-state index in [4.69, 9.17) is 5.11 Å². The van der Waals surface area contributed by atoms with Gasteiger partial charge in [-0.2, -0.15) is 5.10 Å². The molecule has 19 heavy (non-hydrogen) atoms. The van der Waals surface area contributed by atoms with E-state index < -0.39 is 5.97 Å². The molecule has 0 bridgehead atoms. The van der Waals surface area contributed by atoms with E-state index in [0.717, 1.165) is 12.0 Å². The van der Waals surface area contributed by atoms with Crippen LogP contribution in [0.5, 0.6) is 0 Å². The van der Waals surface area contributed by atoms with E-state index in [-0.39, 0.29) is 5.69 Å². The van der Waals surface area contributed by atoms with Crippen LogP contribution in [0.1, 0.15) is 42.2 Å². The van der Waals surface area contributed by atoms with Crippen LogP contribution in [-0.2, 0) is 7.05 Å². The van der Waals surface area contributed by atoms with E-state index in [1.54, 1.807) is 13.1 Å². The van der Waals surface area contributed by atoms with Crippen molar-refractivity contribution >= 4 is 5.97 Å². The molecule has 0 spiro atoms. The summed E-state index contributed by atoms with van der Waals surface area (Å²) in [5, 5.41) is 13.2. The predicted molar refractivity (Wildman–Crippen MR) is 74.3 cm³/mol. The van der Waals surface area contributed by atoms with Crippen LogP contribution >= 0.6 is 0 Å². The molecule has 1 N–H and O–H groups in total. The Hall–Kier alpha value is -2.10. The van der Waals surface area contributed by atoms with Gasteiger partial charge in [0.05, 0.1) is 5.69 Å². The Morgan fingerprint density at radius 2 is 2.00 bits per heavy atom. The van der Waals surface area contributed by atoms with Gasteiger partial charge in [0.15, 0.2) is 0 Å². The first-order valence-electron chi connectivity index (χ1n) is 6.40. The molecule has 2 rings (SSSR count). The number of benzene rings is 1. The maximum atomic E-state index is 11.0. The third kappa shape index (κ3) is 2.67. The highest BCUT2D eigenvalue weighted by Gasteiger charge is 2.13. The number of carboxylic acid groups (broad SMARTS) is 1. The van der Waals surface area contributed by atoms with Crippen LogP contribution < -0.4 is 0 Å². The van der Waals surface area contributed by atoms with E-state index in [0.29, 0.717) is 11.6 Å². The fraction of sp³-hybridized carbons (Fsp3) is 0.333. The first kappa shape index (κ1) is 13.3. The van der Waals surface area contributed by atoms with Crippen molar-refractivity contribution in [3.05, 3.63) is 41.6 Å². The molecular weight excluding hydrogens is 240 g/mol.